The number of hydrogen-bond donors (Lipinski definition) is 0. The molecule has 1 aromatic heterocycles. The molecule has 1 amide bonds. The number of halogens is 1. The summed E-state index contributed by atoms with van der Waals surface area (Å²) in [4.78, 5) is 34.2. The lowest BCUT2D eigenvalue weighted by atomic mass is 10.0. The zero-order valence-electron chi connectivity index (χ0n) is 19.8. The first-order chi connectivity index (χ1) is 16.3. The number of thioether (sulfide) groups is 1. The second-order valence-electron chi connectivity index (χ2n) is 8.59. The average Bonchev–Trinajstić information content (AvgIpc) is 2.84. The molecule has 0 saturated carbocycles. The van der Waals surface area contributed by atoms with Gasteiger partial charge < -0.3 is 9.80 Å². The molecule has 0 atom stereocenters. The van der Waals surface area contributed by atoms with Gasteiger partial charge in [-0.25, -0.2) is 9.37 Å². The van der Waals surface area contributed by atoms with Crippen molar-refractivity contribution in [3.05, 3.63) is 87.1 Å². The molecule has 1 fully saturated rings. The van der Waals surface area contributed by atoms with Crippen molar-refractivity contribution in [2.24, 2.45) is 7.05 Å². The number of hydrogen-bond acceptors (Lipinski definition) is 5. The highest BCUT2D eigenvalue weighted by molar-refractivity contribution is 7.99. The molecule has 178 valence electrons. The van der Waals surface area contributed by atoms with E-state index < -0.39 is 0 Å². The molecule has 0 radical (unpaired) electrons. The number of aryl methyl sites for hydroxylation is 2. The van der Waals surface area contributed by atoms with Crippen molar-refractivity contribution in [1.29, 1.82) is 0 Å². The maximum absolute atomic E-state index is 14.0. The standard InChI is InChI=1S/C26H29FN4O2S/c1-18-8-10-20(11-9-18)16-21-19(2)28-26(29(3)25(21)33)34-17-24(32)31-14-12-30(13-15-31)23-7-5-4-6-22(23)27/h4-11H,12-17H2,1-3H3. The second-order valence-corrected chi connectivity index (χ2v) is 9.54. The molecule has 4 rings (SSSR count). The minimum atomic E-state index is -0.244. The number of para-hydroxylation sites is 1. The van der Waals surface area contributed by atoms with Crippen molar-refractivity contribution in [2.45, 2.75) is 25.4 Å². The second kappa shape index (κ2) is 10.4. The van der Waals surface area contributed by atoms with Gasteiger partial charge in [0.25, 0.3) is 5.56 Å². The van der Waals surface area contributed by atoms with Crippen molar-refractivity contribution < 1.29 is 9.18 Å². The van der Waals surface area contributed by atoms with Crippen molar-refractivity contribution in [3.63, 3.8) is 0 Å². The molecule has 1 aliphatic rings. The third kappa shape index (κ3) is 5.33. The fraction of sp³-hybridized carbons (Fsp3) is 0.346. The van der Waals surface area contributed by atoms with Crippen LogP contribution in [0, 0.1) is 19.7 Å². The van der Waals surface area contributed by atoms with Crippen LogP contribution in [0.4, 0.5) is 10.1 Å². The summed E-state index contributed by atoms with van der Waals surface area (Å²) in [5, 5.41) is 0.536. The van der Waals surface area contributed by atoms with Crippen LogP contribution in [0.15, 0.2) is 58.5 Å². The van der Waals surface area contributed by atoms with Crippen LogP contribution in [-0.2, 0) is 18.3 Å². The van der Waals surface area contributed by atoms with Gasteiger partial charge >= 0.3 is 0 Å². The number of carbonyl (C=O) groups is 1. The summed E-state index contributed by atoms with van der Waals surface area (Å²) >= 11 is 1.28. The number of rotatable bonds is 6. The minimum absolute atomic E-state index is 0.00572. The molecule has 0 N–H and O–H groups in total. The number of anilines is 1. The summed E-state index contributed by atoms with van der Waals surface area (Å²) in [7, 11) is 1.70. The van der Waals surface area contributed by atoms with Gasteiger partial charge in [0.2, 0.25) is 5.91 Å². The Morgan fingerprint density at radius 2 is 1.71 bits per heavy atom. The molecule has 34 heavy (non-hydrogen) atoms. The first kappa shape index (κ1) is 24.0. The summed E-state index contributed by atoms with van der Waals surface area (Å²) < 4.78 is 15.6. The fourth-order valence-corrected chi connectivity index (χ4v) is 5.01. The van der Waals surface area contributed by atoms with Gasteiger partial charge in [-0.3, -0.25) is 14.2 Å². The van der Waals surface area contributed by atoms with E-state index in [1.54, 1.807) is 24.1 Å². The minimum Gasteiger partial charge on any atom is -0.366 e. The Labute approximate surface area is 203 Å². The topological polar surface area (TPSA) is 58.4 Å². The van der Waals surface area contributed by atoms with E-state index in [0.717, 1.165) is 5.56 Å². The molecular weight excluding hydrogens is 451 g/mol. The molecule has 1 saturated heterocycles. The molecule has 0 bridgehead atoms. The Balaban J connectivity index is 1.37. The summed E-state index contributed by atoms with van der Waals surface area (Å²) in [5.41, 5.74) is 4.10. The predicted octanol–water partition coefficient (Wildman–Crippen LogP) is 3.57. The van der Waals surface area contributed by atoms with Gasteiger partial charge in [0.1, 0.15) is 5.82 Å². The molecule has 0 unspecified atom stereocenters. The summed E-state index contributed by atoms with van der Waals surface area (Å²) in [6.07, 6.45) is 0.530. The van der Waals surface area contributed by atoms with Gasteiger partial charge in [0.05, 0.1) is 11.4 Å². The summed E-state index contributed by atoms with van der Waals surface area (Å²) in [5.74, 6) is -0.0451. The molecular formula is C26H29FN4O2S. The highest BCUT2D eigenvalue weighted by atomic mass is 32.2. The first-order valence-electron chi connectivity index (χ1n) is 11.4. The monoisotopic (exact) mass is 480 g/mol. The average molecular weight is 481 g/mol. The van der Waals surface area contributed by atoms with Crippen LogP contribution in [0.2, 0.25) is 0 Å². The van der Waals surface area contributed by atoms with E-state index in [-0.39, 0.29) is 23.0 Å². The molecule has 0 spiro atoms. The third-order valence-electron chi connectivity index (χ3n) is 6.20. The van der Waals surface area contributed by atoms with Gasteiger partial charge in [0, 0.05) is 50.9 Å². The van der Waals surface area contributed by atoms with E-state index in [0.29, 0.717) is 54.7 Å². The fourth-order valence-electron chi connectivity index (χ4n) is 4.10. The largest absolute Gasteiger partial charge is 0.366 e. The molecule has 2 aromatic carbocycles. The Morgan fingerprint density at radius 1 is 1.03 bits per heavy atom. The van der Waals surface area contributed by atoms with Crippen LogP contribution in [0.25, 0.3) is 0 Å². The lowest BCUT2D eigenvalue weighted by Crippen LogP contribution is -2.49. The smallest absolute Gasteiger partial charge is 0.257 e. The van der Waals surface area contributed by atoms with Crippen LogP contribution in [0.1, 0.15) is 22.4 Å². The Hall–Kier alpha value is -3.13. The van der Waals surface area contributed by atoms with E-state index in [2.05, 4.69) is 4.98 Å². The summed E-state index contributed by atoms with van der Waals surface area (Å²) in [6.45, 7) is 6.12. The van der Waals surface area contributed by atoms with Gasteiger partial charge in [-0.1, -0.05) is 53.7 Å². The Kier molecular flexibility index (Phi) is 7.36. The van der Waals surface area contributed by atoms with E-state index in [4.69, 9.17) is 0 Å². The normalized spacial score (nSPS) is 13.9. The molecule has 6 nitrogen and oxygen atoms in total. The zero-order chi connectivity index (χ0) is 24.2. The number of aromatic nitrogens is 2. The lowest BCUT2D eigenvalue weighted by molar-refractivity contribution is -0.128. The van der Waals surface area contributed by atoms with Crippen molar-refractivity contribution >= 4 is 23.4 Å². The zero-order valence-corrected chi connectivity index (χ0v) is 20.6. The molecule has 2 heterocycles. The molecule has 0 aliphatic carbocycles. The van der Waals surface area contributed by atoms with Gasteiger partial charge in [-0.05, 0) is 31.5 Å². The maximum atomic E-state index is 14.0. The predicted molar refractivity (Wildman–Crippen MR) is 134 cm³/mol. The number of benzene rings is 2. The van der Waals surface area contributed by atoms with Gasteiger partial charge in [0.15, 0.2) is 5.16 Å². The third-order valence-corrected chi connectivity index (χ3v) is 7.22. The highest BCUT2D eigenvalue weighted by Gasteiger charge is 2.23. The van der Waals surface area contributed by atoms with E-state index in [1.807, 2.05) is 49.1 Å². The van der Waals surface area contributed by atoms with E-state index >= 15 is 0 Å². The number of nitrogens with zero attached hydrogens (tertiary/aromatic N) is 4. The molecule has 8 heteroatoms. The maximum Gasteiger partial charge on any atom is 0.257 e. The lowest BCUT2D eigenvalue weighted by Gasteiger charge is -2.36. The number of amides is 1. The molecule has 3 aromatic rings. The van der Waals surface area contributed by atoms with Crippen molar-refractivity contribution in [3.8, 4) is 0 Å². The van der Waals surface area contributed by atoms with Crippen LogP contribution >= 0.6 is 11.8 Å². The number of carbonyl (C=O) groups excluding carboxylic acids is 1. The van der Waals surface area contributed by atoms with Crippen LogP contribution in [0.5, 0.6) is 0 Å². The SMILES string of the molecule is Cc1ccc(Cc2c(C)nc(SCC(=O)N3CCN(c4ccccc4F)CC3)n(C)c2=O)cc1. The van der Waals surface area contributed by atoms with E-state index in [9.17, 15) is 14.0 Å². The van der Waals surface area contributed by atoms with Gasteiger partial charge in [-0.15, -0.1) is 0 Å². The van der Waals surface area contributed by atoms with Crippen LogP contribution in [0.3, 0.4) is 0 Å². The van der Waals surface area contributed by atoms with Crippen molar-refractivity contribution in [1.82, 2.24) is 14.5 Å². The summed E-state index contributed by atoms with van der Waals surface area (Å²) in [6, 6.07) is 14.8. The van der Waals surface area contributed by atoms with Gasteiger partial charge in [-0.2, -0.15) is 0 Å². The van der Waals surface area contributed by atoms with Crippen molar-refractivity contribution in [2.75, 3.05) is 36.8 Å². The first-order valence-corrected chi connectivity index (χ1v) is 12.3. The quantitative estimate of drug-likeness (QED) is 0.399. The van der Waals surface area contributed by atoms with E-state index in [1.165, 1.54) is 28.0 Å². The Bertz CT molecular complexity index is 1230. The number of piperazine rings is 1. The highest BCUT2D eigenvalue weighted by Crippen LogP contribution is 2.21. The van der Waals surface area contributed by atoms with Crippen LogP contribution in [-0.4, -0.2) is 52.3 Å². The molecule has 1 aliphatic heterocycles. The Morgan fingerprint density at radius 3 is 2.38 bits per heavy atom. The van der Waals surface area contributed by atoms with Crippen LogP contribution < -0.4 is 10.5 Å².